The molecule has 1 aromatic carbocycles. The van der Waals surface area contributed by atoms with Crippen molar-refractivity contribution in [3.63, 3.8) is 0 Å². The van der Waals surface area contributed by atoms with E-state index in [1.54, 1.807) is 30.3 Å². The summed E-state index contributed by atoms with van der Waals surface area (Å²) >= 11 is 0. The number of anilines is 1. The Bertz CT molecular complexity index is 2170. The number of hydrogen-bond donors (Lipinski definition) is 5. The Morgan fingerprint density at radius 1 is 0.959 bits per heavy atom. The first-order valence-electron chi connectivity index (χ1n) is 14.6. The number of alkyl halides is 2. The number of halogens is 2. The lowest BCUT2D eigenvalue weighted by Gasteiger charge is -2.22. The number of rotatable bonds is 10. The predicted octanol–water partition coefficient (Wildman–Crippen LogP) is -0.744. The van der Waals surface area contributed by atoms with E-state index in [1.807, 2.05) is 4.72 Å². The van der Waals surface area contributed by atoms with Crippen LogP contribution in [0.25, 0.3) is 22.3 Å². The third-order valence-corrected chi connectivity index (χ3v) is 8.97. The summed E-state index contributed by atoms with van der Waals surface area (Å²) in [6.45, 7) is -1.55. The van der Waals surface area contributed by atoms with Crippen LogP contribution in [0.1, 0.15) is 22.8 Å². The summed E-state index contributed by atoms with van der Waals surface area (Å²) < 4.78 is 77.3. The maximum atomic E-state index is 15.4. The van der Waals surface area contributed by atoms with Gasteiger partial charge in [-0.15, -0.1) is 0 Å². The number of ether oxygens (including phenoxy) is 2. The molecule has 5 aromatic rings. The maximum Gasteiger partial charge on any atom is 0.336 e. The van der Waals surface area contributed by atoms with Crippen molar-refractivity contribution in [3.05, 3.63) is 71.6 Å². The van der Waals surface area contributed by atoms with Gasteiger partial charge in [-0.25, -0.2) is 37.9 Å². The van der Waals surface area contributed by atoms with Crippen molar-refractivity contribution in [1.29, 1.82) is 0 Å². The minimum Gasteiger partial charge on any atom is -0.394 e. The quantitative estimate of drug-likeness (QED) is 0.120. The molecule has 22 heteroatoms. The zero-order valence-corrected chi connectivity index (χ0v) is 25.6. The molecule has 5 N–H and O–H groups in total. The van der Waals surface area contributed by atoms with Crippen molar-refractivity contribution in [3.8, 4) is 0 Å². The van der Waals surface area contributed by atoms with Crippen molar-refractivity contribution in [1.82, 2.24) is 43.8 Å². The fourth-order valence-corrected chi connectivity index (χ4v) is 6.51. The van der Waals surface area contributed by atoms with Crippen LogP contribution in [0.3, 0.4) is 0 Å². The Hall–Kier alpha value is -4.84. The Balaban J connectivity index is 1.05. The minimum atomic E-state index is -4.86. The highest BCUT2D eigenvalue weighted by atomic mass is 32.2. The highest BCUT2D eigenvalue weighted by Gasteiger charge is 2.50. The van der Waals surface area contributed by atoms with Gasteiger partial charge in [0.05, 0.1) is 25.6 Å². The average Bonchev–Trinajstić information content (AvgIpc) is 3.86. The first-order chi connectivity index (χ1) is 23.6. The molecule has 2 aliphatic rings. The summed E-state index contributed by atoms with van der Waals surface area (Å²) in [5.41, 5.74) is -0.328. The van der Waals surface area contributed by atoms with Gasteiger partial charge >= 0.3 is 10.3 Å². The fourth-order valence-electron chi connectivity index (χ4n) is 5.58. The van der Waals surface area contributed by atoms with Gasteiger partial charge in [0.15, 0.2) is 59.0 Å². The topological polar surface area (TPSA) is 251 Å². The van der Waals surface area contributed by atoms with Crippen molar-refractivity contribution in [2.45, 2.75) is 49.2 Å². The van der Waals surface area contributed by atoms with E-state index in [0.717, 1.165) is 28.1 Å². The first kappa shape index (κ1) is 32.7. The predicted molar refractivity (Wildman–Crippen MR) is 160 cm³/mol. The smallest absolute Gasteiger partial charge is 0.336 e. The summed E-state index contributed by atoms with van der Waals surface area (Å²) in [4.78, 5) is 47.3. The molecule has 2 aliphatic heterocycles. The Labute approximate surface area is 273 Å². The van der Waals surface area contributed by atoms with Gasteiger partial charge in [-0.3, -0.25) is 18.7 Å². The van der Waals surface area contributed by atoms with E-state index >= 15 is 8.78 Å². The number of aliphatic hydroxyl groups excluding tert-OH is 2. The highest BCUT2D eigenvalue weighted by molar-refractivity contribution is 7.84. The van der Waals surface area contributed by atoms with Crippen LogP contribution in [0.4, 0.5) is 14.6 Å². The maximum absolute atomic E-state index is 15.4. The molecular weight excluding hydrogens is 678 g/mol. The molecule has 0 radical (unpaired) electrons. The van der Waals surface area contributed by atoms with Crippen molar-refractivity contribution in [2.75, 3.05) is 18.5 Å². The van der Waals surface area contributed by atoms with E-state index in [0.29, 0.717) is 5.56 Å². The summed E-state index contributed by atoms with van der Waals surface area (Å²) in [6, 6.07) is 8.30. The first-order valence-corrected chi connectivity index (χ1v) is 16.0. The third kappa shape index (κ3) is 6.03. The molecule has 0 bridgehead atoms. The second-order valence-electron chi connectivity index (χ2n) is 11.0. The Kier molecular flexibility index (Phi) is 8.60. The van der Waals surface area contributed by atoms with E-state index in [2.05, 4.69) is 35.2 Å². The molecule has 4 aromatic heterocycles. The van der Waals surface area contributed by atoms with Crippen LogP contribution < -0.4 is 15.6 Å². The Morgan fingerprint density at radius 3 is 2.41 bits per heavy atom. The van der Waals surface area contributed by atoms with Crippen molar-refractivity contribution >= 4 is 44.4 Å². The van der Waals surface area contributed by atoms with Gasteiger partial charge in [-0.2, -0.15) is 13.1 Å². The van der Waals surface area contributed by atoms with E-state index in [4.69, 9.17) is 13.7 Å². The molecule has 258 valence electrons. The molecule has 0 unspecified atom stereocenters. The van der Waals surface area contributed by atoms with Crippen LogP contribution in [0.15, 0.2) is 60.4 Å². The number of aliphatic hydroxyl groups is 2. The molecule has 0 aliphatic carbocycles. The van der Waals surface area contributed by atoms with Crippen LogP contribution in [0, 0.1) is 0 Å². The standard InChI is InChI=1S/C27H26F2N10O9S/c28-15-14(7-40)47-27(39-11-35-18-23(39)32-9-33-25(18)43)20(15)48-49(44,45)36-6-13-19(41)16(29)26(46-13)38-10-34-17-21(30-8-31-22(17)38)37-24(42)12-4-2-1-3-5-12/h1-5,8-11,13-16,19-20,26-27,36,40-41H,6-7H2,(H,32,33,43)(H,30,31,37,42)/t13-,14-,15-,16-,19-,20-,26-,27-/m1/s1. The lowest BCUT2D eigenvalue weighted by molar-refractivity contribution is -0.0453. The summed E-state index contributed by atoms with van der Waals surface area (Å²) in [6.07, 6.45) is -9.61. The third-order valence-electron chi connectivity index (χ3n) is 7.98. The van der Waals surface area contributed by atoms with Gasteiger partial charge in [0.1, 0.15) is 24.6 Å². The SMILES string of the molecule is O=C(Nc1ncnc2c1ncn2[C@@H]1O[C@H](CNS(=O)(=O)O[C@@H]2[C@H](F)[C@@H](CO)O[C@H]2n2cnc3c(=O)[nH]cnc32)[C@@H](O)[C@H]1F)c1ccccc1. The van der Waals surface area contributed by atoms with Gasteiger partial charge in [-0.05, 0) is 12.1 Å². The zero-order chi connectivity index (χ0) is 34.4. The summed E-state index contributed by atoms with van der Waals surface area (Å²) in [7, 11) is -4.86. The second kappa shape index (κ2) is 12.9. The van der Waals surface area contributed by atoms with E-state index in [9.17, 15) is 28.2 Å². The molecule has 19 nitrogen and oxygen atoms in total. The van der Waals surface area contributed by atoms with E-state index in [1.165, 1.54) is 6.33 Å². The number of fused-ring (bicyclic) bond motifs is 2. The van der Waals surface area contributed by atoms with Crippen LogP contribution in [0.2, 0.25) is 0 Å². The molecule has 2 saturated heterocycles. The second-order valence-corrected chi connectivity index (χ2v) is 12.4. The van der Waals surface area contributed by atoms with Crippen LogP contribution in [-0.4, -0.2) is 113 Å². The van der Waals surface area contributed by atoms with Crippen LogP contribution in [0.5, 0.6) is 0 Å². The minimum absolute atomic E-state index is 0.0306. The molecule has 6 heterocycles. The van der Waals surface area contributed by atoms with Crippen LogP contribution >= 0.6 is 0 Å². The van der Waals surface area contributed by atoms with Gasteiger partial charge in [0.2, 0.25) is 0 Å². The average molecular weight is 705 g/mol. The molecule has 1 amide bonds. The zero-order valence-electron chi connectivity index (χ0n) is 24.8. The van der Waals surface area contributed by atoms with Gasteiger partial charge < -0.3 is 30.0 Å². The van der Waals surface area contributed by atoms with E-state index in [-0.39, 0.29) is 28.1 Å². The van der Waals surface area contributed by atoms with Gasteiger partial charge in [0.25, 0.3) is 11.5 Å². The summed E-state index contributed by atoms with van der Waals surface area (Å²) in [5, 5.41) is 22.8. The molecular formula is C27H26F2N10O9S. The number of aromatic nitrogens is 8. The van der Waals surface area contributed by atoms with Crippen molar-refractivity contribution < 1.29 is 45.9 Å². The monoisotopic (exact) mass is 704 g/mol. The summed E-state index contributed by atoms with van der Waals surface area (Å²) in [5.74, 6) is -0.449. The van der Waals surface area contributed by atoms with E-state index < -0.39 is 84.1 Å². The number of hydrogen-bond acceptors (Lipinski definition) is 14. The number of H-pyrrole nitrogens is 1. The number of aromatic amines is 1. The lowest BCUT2D eigenvalue weighted by Crippen LogP contribution is -2.42. The van der Waals surface area contributed by atoms with Gasteiger partial charge in [0, 0.05) is 12.1 Å². The Morgan fingerprint density at radius 2 is 1.65 bits per heavy atom. The van der Waals surface area contributed by atoms with Crippen LogP contribution in [-0.2, 0) is 24.0 Å². The number of carbonyl (C=O) groups is 1. The largest absolute Gasteiger partial charge is 0.394 e. The molecule has 0 spiro atoms. The molecule has 7 rings (SSSR count). The molecule has 49 heavy (non-hydrogen) atoms. The number of nitrogens with one attached hydrogen (secondary N) is 3. The lowest BCUT2D eigenvalue weighted by atomic mass is 10.1. The number of amides is 1. The number of carbonyl (C=O) groups excluding carboxylic acids is 1. The normalized spacial score (nSPS) is 27.3. The molecule has 8 atom stereocenters. The number of benzene rings is 1. The number of imidazole rings is 2. The number of nitrogens with zero attached hydrogens (tertiary/aromatic N) is 7. The molecule has 2 fully saturated rings. The van der Waals surface area contributed by atoms with Crippen molar-refractivity contribution in [2.24, 2.45) is 0 Å². The van der Waals surface area contributed by atoms with Gasteiger partial charge in [-0.1, -0.05) is 18.2 Å². The molecule has 0 saturated carbocycles. The highest BCUT2D eigenvalue weighted by Crippen LogP contribution is 2.37. The fraction of sp³-hybridized carbons (Fsp3) is 0.370.